The van der Waals surface area contributed by atoms with Gasteiger partial charge in [0.05, 0.1) is 21.9 Å². The maximum atomic E-state index is 13.1. The zero-order chi connectivity index (χ0) is 24.6. The van der Waals surface area contributed by atoms with Crippen LogP contribution < -0.4 is 5.56 Å². The number of fused-ring (bicyclic) bond motifs is 1. The van der Waals surface area contributed by atoms with Crippen molar-refractivity contribution in [3.05, 3.63) is 78.3 Å². The van der Waals surface area contributed by atoms with Gasteiger partial charge in [-0.3, -0.25) is 29.2 Å². The summed E-state index contributed by atoms with van der Waals surface area (Å²) < 4.78 is 1.66. The van der Waals surface area contributed by atoms with Gasteiger partial charge in [-0.2, -0.15) is 0 Å². The van der Waals surface area contributed by atoms with Gasteiger partial charge >= 0.3 is 0 Å². The highest BCUT2D eigenvalue weighted by Crippen LogP contribution is 2.27. The molecule has 1 atom stereocenters. The molecule has 1 fully saturated rings. The van der Waals surface area contributed by atoms with E-state index in [0.717, 1.165) is 0 Å². The van der Waals surface area contributed by atoms with E-state index >= 15 is 0 Å². The molecule has 2 aromatic carbocycles. The Balaban J connectivity index is 1.53. The van der Waals surface area contributed by atoms with Gasteiger partial charge in [0.25, 0.3) is 17.2 Å². The molecule has 1 amide bonds. The Bertz CT molecular complexity index is 1330. The van der Waals surface area contributed by atoms with Crippen LogP contribution in [-0.4, -0.2) is 56.4 Å². The van der Waals surface area contributed by atoms with Gasteiger partial charge in [-0.25, -0.2) is 4.98 Å². The van der Waals surface area contributed by atoms with E-state index in [4.69, 9.17) is 28.2 Å². The maximum Gasteiger partial charge on any atom is 0.288 e. The average molecular weight is 504 g/mol. The lowest BCUT2D eigenvalue weighted by molar-refractivity contribution is -0.384. The number of carbonyl (C=O) groups is 1. The molecule has 9 nitrogen and oxygen atoms in total. The maximum absolute atomic E-state index is 13.1. The Labute approximate surface area is 205 Å². The Morgan fingerprint density at radius 2 is 1.85 bits per heavy atom. The zero-order valence-electron chi connectivity index (χ0n) is 18.7. The van der Waals surface area contributed by atoms with Crippen LogP contribution in [0.4, 0.5) is 5.69 Å². The topological polar surface area (TPSA) is 102 Å². The summed E-state index contributed by atoms with van der Waals surface area (Å²) in [6.07, 6.45) is 0. The minimum atomic E-state index is -0.601. The van der Waals surface area contributed by atoms with E-state index in [2.05, 4.69) is 4.90 Å². The van der Waals surface area contributed by atoms with E-state index in [-0.39, 0.29) is 33.8 Å². The minimum absolute atomic E-state index is 0.00711. The van der Waals surface area contributed by atoms with Crippen molar-refractivity contribution in [2.75, 3.05) is 26.2 Å². The van der Waals surface area contributed by atoms with E-state index in [1.54, 1.807) is 27.7 Å². The van der Waals surface area contributed by atoms with Crippen LogP contribution in [0.1, 0.15) is 36.1 Å². The molecule has 0 N–H and O–H groups in total. The van der Waals surface area contributed by atoms with E-state index in [1.807, 2.05) is 13.8 Å². The monoisotopic (exact) mass is 503 g/mol. The molecule has 1 aliphatic rings. The standard InChI is InChI=1S/C23H23Cl2N5O4/c1-3-29-21(26-19-7-5-16(24)13-17(19)23(29)32)14(2)27-8-10-28(11-9-27)22(31)15-4-6-18(25)20(12-15)30(33)34/h4-7,12-14H,3,8-11H2,1-2H3. The molecule has 2 heterocycles. The number of carbonyl (C=O) groups excluding carboxylic acids is 1. The van der Waals surface area contributed by atoms with Gasteiger partial charge in [0.2, 0.25) is 0 Å². The fourth-order valence-electron chi connectivity index (χ4n) is 4.28. The first-order chi connectivity index (χ1) is 16.2. The predicted molar refractivity (Wildman–Crippen MR) is 131 cm³/mol. The summed E-state index contributed by atoms with van der Waals surface area (Å²) in [5.74, 6) is 0.383. The molecule has 4 rings (SSSR count). The molecular weight excluding hydrogens is 481 g/mol. The molecular formula is C23H23Cl2N5O4. The minimum Gasteiger partial charge on any atom is -0.336 e. The molecule has 34 heavy (non-hydrogen) atoms. The summed E-state index contributed by atoms with van der Waals surface area (Å²) in [5.41, 5.74) is 0.405. The number of rotatable bonds is 5. The van der Waals surface area contributed by atoms with Gasteiger partial charge in [-0.1, -0.05) is 23.2 Å². The van der Waals surface area contributed by atoms with E-state index in [9.17, 15) is 19.7 Å². The highest BCUT2D eigenvalue weighted by molar-refractivity contribution is 6.32. The number of hydrogen-bond donors (Lipinski definition) is 0. The first-order valence-corrected chi connectivity index (χ1v) is 11.6. The van der Waals surface area contributed by atoms with Crippen LogP contribution in [0.2, 0.25) is 10.0 Å². The number of aromatic nitrogens is 2. The predicted octanol–water partition coefficient (Wildman–Crippen LogP) is 4.15. The zero-order valence-corrected chi connectivity index (χ0v) is 20.2. The number of nitro groups is 1. The highest BCUT2D eigenvalue weighted by atomic mass is 35.5. The van der Waals surface area contributed by atoms with Crippen molar-refractivity contribution in [2.45, 2.75) is 26.4 Å². The van der Waals surface area contributed by atoms with Gasteiger partial charge in [-0.05, 0) is 44.2 Å². The first-order valence-electron chi connectivity index (χ1n) is 10.9. The van der Waals surface area contributed by atoms with Crippen molar-refractivity contribution < 1.29 is 9.72 Å². The fraction of sp³-hybridized carbons (Fsp3) is 0.348. The van der Waals surface area contributed by atoms with Crippen molar-refractivity contribution in [3.8, 4) is 0 Å². The highest BCUT2D eigenvalue weighted by Gasteiger charge is 2.29. The van der Waals surface area contributed by atoms with Crippen LogP contribution in [0.3, 0.4) is 0 Å². The lowest BCUT2D eigenvalue weighted by Crippen LogP contribution is -2.50. The first kappa shape index (κ1) is 24.1. The summed E-state index contributed by atoms with van der Waals surface area (Å²) in [7, 11) is 0. The van der Waals surface area contributed by atoms with Crippen molar-refractivity contribution in [3.63, 3.8) is 0 Å². The normalized spacial score (nSPS) is 15.5. The quantitative estimate of drug-likeness (QED) is 0.382. The molecule has 0 saturated carbocycles. The summed E-state index contributed by atoms with van der Waals surface area (Å²) in [6.45, 7) is 6.40. The number of amides is 1. The molecule has 0 radical (unpaired) electrons. The number of benzene rings is 2. The smallest absolute Gasteiger partial charge is 0.288 e. The molecule has 178 valence electrons. The van der Waals surface area contributed by atoms with E-state index < -0.39 is 4.92 Å². The van der Waals surface area contributed by atoms with Gasteiger partial charge in [-0.15, -0.1) is 0 Å². The summed E-state index contributed by atoms with van der Waals surface area (Å²) in [4.78, 5) is 45.1. The van der Waals surface area contributed by atoms with Crippen LogP contribution in [0.5, 0.6) is 0 Å². The van der Waals surface area contributed by atoms with Crippen molar-refractivity contribution in [1.29, 1.82) is 0 Å². The fourth-order valence-corrected chi connectivity index (χ4v) is 4.64. The molecule has 0 bridgehead atoms. The lowest BCUT2D eigenvalue weighted by atomic mass is 10.1. The SMILES string of the molecule is CCn1c(C(C)N2CCN(C(=O)c3ccc(Cl)c([N+](=O)[O-])c3)CC2)nc2ccc(Cl)cc2c1=O. The number of nitro benzene ring substituents is 1. The Hall–Kier alpha value is -3.01. The Morgan fingerprint density at radius 3 is 2.50 bits per heavy atom. The Morgan fingerprint density at radius 1 is 1.15 bits per heavy atom. The largest absolute Gasteiger partial charge is 0.336 e. The van der Waals surface area contributed by atoms with Crippen molar-refractivity contribution in [2.24, 2.45) is 0 Å². The molecule has 3 aromatic rings. The van der Waals surface area contributed by atoms with Crippen molar-refractivity contribution in [1.82, 2.24) is 19.4 Å². The second-order valence-corrected chi connectivity index (χ2v) is 8.95. The van der Waals surface area contributed by atoms with Crippen LogP contribution in [0.25, 0.3) is 10.9 Å². The summed E-state index contributed by atoms with van der Waals surface area (Å²) >= 11 is 11.9. The third-order valence-corrected chi connectivity index (χ3v) is 6.73. The lowest BCUT2D eigenvalue weighted by Gasteiger charge is -2.38. The van der Waals surface area contributed by atoms with Gasteiger partial charge in [0, 0.05) is 49.4 Å². The molecule has 0 aliphatic carbocycles. The molecule has 1 saturated heterocycles. The van der Waals surface area contributed by atoms with E-state index in [1.165, 1.54) is 18.2 Å². The van der Waals surface area contributed by atoms with Crippen LogP contribution in [0, 0.1) is 10.1 Å². The number of piperazine rings is 1. The third-order valence-electron chi connectivity index (χ3n) is 6.17. The molecule has 1 aromatic heterocycles. The third kappa shape index (κ3) is 4.51. The average Bonchev–Trinajstić information content (AvgIpc) is 2.83. The van der Waals surface area contributed by atoms with Crippen molar-refractivity contribution >= 4 is 45.7 Å². The van der Waals surface area contributed by atoms with E-state index in [0.29, 0.717) is 54.5 Å². The van der Waals surface area contributed by atoms with Gasteiger partial charge < -0.3 is 4.90 Å². The van der Waals surface area contributed by atoms with Crippen LogP contribution in [-0.2, 0) is 6.54 Å². The van der Waals surface area contributed by atoms with Crippen LogP contribution >= 0.6 is 23.2 Å². The molecule has 11 heteroatoms. The molecule has 0 spiro atoms. The summed E-state index contributed by atoms with van der Waals surface area (Å²) in [5, 5.41) is 12.1. The second kappa shape index (κ2) is 9.69. The number of halogens is 2. The number of nitrogens with zero attached hydrogens (tertiary/aromatic N) is 5. The molecule has 1 aliphatic heterocycles. The summed E-state index contributed by atoms with van der Waals surface area (Å²) in [6, 6.07) is 9.03. The van der Waals surface area contributed by atoms with Gasteiger partial charge in [0.15, 0.2) is 0 Å². The number of hydrogen-bond acceptors (Lipinski definition) is 6. The van der Waals surface area contributed by atoms with Gasteiger partial charge in [0.1, 0.15) is 10.8 Å². The van der Waals surface area contributed by atoms with Crippen LogP contribution in [0.15, 0.2) is 41.2 Å². The molecule has 1 unspecified atom stereocenters. The second-order valence-electron chi connectivity index (χ2n) is 8.11. The Kier molecular flexibility index (Phi) is 6.88.